The lowest BCUT2D eigenvalue weighted by Crippen LogP contribution is -2.51. The van der Waals surface area contributed by atoms with Crippen LogP contribution in [-0.2, 0) is 24.3 Å². The molecule has 0 aliphatic carbocycles. The summed E-state index contributed by atoms with van der Waals surface area (Å²) in [5.74, 6) is -0.401. The van der Waals surface area contributed by atoms with Crippen molar-refractivity contribution >= 4 is 22.8 Å². The molecule has 0 spiro atoms. The van der Waals surface area contributed by atoms with Gasteiger partial charge in [0.2, 0.25) is 0 Å². The maximum absolute atomic E-state index is 13.7. The van der Waals surface area contributed by atoms with Crippen LogP contribution >= 0.6 is 0 Å². The van der Waals surface area contributed by atoms with Crippen LogP contribution in [-0.4, -0.2) is 37.4 Å². The number of carbonyl (C=O) groups excluding carboxylic acids is 2. The number of amides is 3. The molecule has 8 nitrogen and oxygen atoms in total. The highest BCUT2D eigenvalue weighted by Gasteiger charge is 2.51. The van der Waals surface area contributed by atoms with E-state index in [4.69, 9.17) is 0 Å². The first-order valence-corrected chi connectivity index (χ1v) is 10.6. The lowest BCUT2D eigenvalue weighted by molar-refractivity contribution is -0.132. The molecule has 0 unspecified atom stereocenters. The molecule has 164 valence electrons. The monoisotopic (exact) mass is 439 g/mol. The van der Waals surface area contributed by atoms with Gasteiger partial charge in [-0.1, -0.05) is 78.0 Å². The number of nitrogens with zero attached hydrogens (tertiary/aromatic N) is 4. The third-order valence-electron chi connectivity index (χ3n) is 5.85. The van der Waals surface area contributed by atoms with Gasteiger partial charge in [0.1, 0.15) is 17.7 Å². The summed E-state index contributed by atoms with van der Waals surface area (Å²) in [4.78, 5) is 40.6. The molecule has 1 fully saturated rings. The normalized spacial score (nSPS) is 15.1. The third kappa shape index (κ3) is 3.87. The Kier molecular flexibility index (Phi) is 5.18. The molecule has 33 heavy (non-hydrogen) atoms. The van der Waals surface area contributed by atoms with Crippen LogP contribution in [0.5, 0.6) is 0 Å². The van der Waals surface area contributed by atoms with Crippen molar-refractivity contribution in [2.75, 3.05) is 0 Å². The van der Waals surface area contributed by atoms with Gasteiger partial charge in [-0.15, -0.1) is 5.10 Å². The predicted octanol–water partition coefficient (Wildman–Crippen LogP) is 2.53. The summed E-state index contributed by atoms with van der Waals surface area (Å²) in [5, 5.41) is 11.3. The first-order valence-electron chi connectivity index (χ1n) is 10.6. The molecular formula is C25H21N5O3. The Morgan fingerprint density at radius 1 is 0.758 bits per heavy atom. The van der Waals surface area contributed by atoms with E-state index < -0.39 is 23.0 Å². The van der Waals surface area contributed by atoms with E-state index in [1.165, 1.54) is 0 Å². The summed E-state index contributed by atoms with van der Waals surface area (Å²) >= 11 is 0. The van der Waals surface area contributed by atoms with E-state index in [-0.39, 0.29) is 6.67 Å². The molecule has 3 aromatic carbocycles. The number of fused-ring (bicyclic) bond motifs is 1. The average molecular weight is 439 g/mol. The highest BCUT2D eigenvalue weighted by atomic mass is 16.2. The molecule has 1 aliphatic heterocycles. The number of nitrogens with one attached hydrogen (secondary N) is 1. The van der Waals surface area contributed by atoms with Crippen molar-refractivity contribution in [2.24, 2.45) is 0 Å². The molecule has 0 atom stereocenters. The van der Waals surface area contributed by atoms with Gasteiger partial charge in [0.05, 0.1) is 5.39 Å². The zero-order chi connectivity index (χ0) is 22.8. The van der Waals surface area contributed by atoms with Gasteiger partial charge >= 0.3 is 6.03 Å². The molecule has 0 bridgehead atoms. The van der Waals surface area contributed by atoms with Gasteiger partial charge in [0.15, 0.2) is 0 Å². The van der Waals surface area contributed by atoms with Crippen LogP contribution < -0.4 is 10.9 Å². The summed E-state index contributed by atoms with van der Waals surface area (Å²) in [7, 11) is 0. The zero-order valence-corrected chi connectivity index (χ0v) is 17.7. The smallest absolute Gasteiger partial charge is 0.322 e. The topological polar surface area (TPSA) is 97.2 Å². The van der Waals surface area contributed by atoms with E-state index in [9.17, 15) is 14.4 Å². The van der Waals surface area contributed by atoms with Crippen LogP contribution in [0.1, 0.15) is 11.1 Å². The Morgan fingerprint density at radius 3 is 1.97 bits per heavy atom. The van der Waals surface area contributed by atoms with E-state index in [0.717, 1.165) is 20.7 Å². The maximum atomic E-state index is 13.7. The number of aromatic nitrogens is 3. The molecule has 8 heteroatoms. The summed E-state index contributed by atoms with van der Waals surface area (Å²) < 4.78 is 1.04. The zero-order valence-electron chi connectivity index (χ0n) is 17.7. The van der Waals surface area contributed by atoms with Crippen LogP contribution in [0, 0.1) is 0 Å². The molecule has 1 aromatic heterocycles. The molecule has 1 aliphatic rings. The second kappa shape index (κ2) is 8.31. The van der Waals surface area contributed by atoms with E-state index in [0.29, 0.717) is 23.7 Å². The van der Waals surface area contributed by atoms with Crippen LogP contribution in [0.25, 0.3) is 10.9 Å². The van der Waals surface area contributed by atoms with Gasteiger partial charge in [0.25, 0.3) is 11.5 Å². The number of urea groups is 1. The van der Waals surface area contributed by atoms with Gasteiger partial charge in [-0.3, -0.25) is 9.59 Å². The fourth-order valence-corrected chi connectivity index (χ4v) is 4.25. The Hall–Kier alpha value is -4.33. The van der Waals surface area contributed by atoms with Crippen molar-refractivity contribution in [2.45, 2.75) is 25.0 Å². The third-order valence-corrected chi connectivity index (χ3v) is 5.85. The SMILES string of the molecule is O=C1NC(Cc2ccccc2)(Cc2ccccc2)C(=O)N1Cn1nnc2ccccc2c1=O. The number of rotatable bonds is 6. The largest absolute Gasteiger partial charge is 0.326 e. The van der Waals surface area contributed by atoms with Gasteiger partial charge in [0, 0.05) is 12.8 Å². The Balaban J connectivity index is 1.50. The summed E-state index contributed by atoms with van der Waals surface area (Å²) in [6.07, 6.45) is 0.643. The van der Waals surface area contributed by atoms with E-state index in [2.05, 4.69) is 15.6 Å². The number of hydrogen-bond donors (Lipinski definition) is 1. The van der Waals surface area contributed by atoms with Crippen LogP contribution in [0.4, 0.5) is 4.79 Å². The van der Waals surface area contributed by atoms with Crippen LogP contribution in [0.15, 0.2) is 89.7 Å². The first-order chi connectivity index (χ1) is 16.1. The molecule has 1 saturated heterocycles. The standard InChI is InChI=1S/C25H21N5O3/c31-22-20-13-7-8-14-21(20)27-28-30(22)17-29-23(32)25(26-24(29)33,15-18-9-3-1-4-10-18)16-19-11-5-2-6-12-19/h1-14H,15-17H2,(H,26,33). The minimum absolute atomic E-state index is 0.313. The fourth-order valence-electron chi connectivity index (χ4n) is 4.25. The van der Waals surface area contributed by atoms with Crippen molar-refractivity contribution in [1.29, 1.82) is 0 Å². The van der Waals surface area contributed by atoms with Gasteiger partial charge in [-0.25, -0.2) is 9.69 Å². The van der Waals surface area contributed by atoms with Crippen LogP contribution in [0.3, 0.4) is 0 Å². The van der Waals surface area contributed by atoms with Crippen molar-refractivity contribution in [1.82, 2.24) is 25.2 Å². The molecular weight excluding hydrogens is 418 g/mol. The minimum Gasteiger partial charge on any atom is -0.322 e. The van der Waals surface area contributed by atoms with Crippen molar-refractivity contribution in [3.8, 4) is 0 Å². The van der Waals surface area contributed by atoms with Crippen molar-refractivity contribution in [3.05, 3.63) is 106 Å². The lowest BCUT2D eigenvalue weighted by Gasteiger charge is -2.27. The average Bonchev–Trinajstić information content (AvgIpc) is 3.06. The molecule has 3 amide bonds. The quantitative estimate of drug-likeness (QED) is 0.466. The minimum atomic E-state index is -1.17. The molecule has 5 rings (SSSR count). The highest BCUT2D eigenvalue weighted by molar-refractivity contribution is 6.07. The molecule has 0 saturated carbocycles. The van der Waals surface area contributed by atoms with E-state index in [1.807, 2.05) is 60.7 Å². The first kappa shape index (κ1) is 20.6. The summed E-state index contributed by atoms with van der Waals surface area (Å²) in [6.45, 7) is -0.313. The molecule has 1 N–H and O–H groups in total. The summed E-state index contributed by atoms with van der Waals surface area (Å²) in [5.41, 5.74) is 0.717. The van der Waals surface area contributed by atoms with Crippen LogP contribution in [0.2, 0.25) is 0 Å². The molecule has 0 radical (unpaired) electrons. The second-order valence-corrected chi connectivity index (χ2v) is 8.12. The fraction of sp³-hybridized carbons (Fsp3) is 0.160. The highest BCUT2D eigenvalue weighted by Crippen LogP contribution is 2.27. The van der Waals surface area contributed by atoms with Gasteiger partial charge < -0.3 is 5.32 Å². The Bertz CT molecular complexity index is 1340. The summed E-state index contributed by atoms with van der Waals surface area (Å²) in [6, 6.07) is 25.4. The van der Waals surface area contributed by atoms with Crippen molar-refractivity contribution < 1.29 is 9.59 Å². The number of benzene rings is 3. The second-order valence-electron chi connectivity index (χ2n) is 8.12. The predicted molar refractivity (Wildman–Crippen MR) is 122 cm³/mol. The van der Waals surface area contributed by atoms with E-state index >= 15 is 0 Å². The molecule has 4 aromatic rings. The lowest BCUT2D eigenvalue weighted by atomic mass is 9.84. The molecule has 2 heterocycles. The van der Waals surface area contributed by atoms with E-state index in [1.54, 1.807) is 24.3 Å². The number of hydrogen-bond acceptors (Lipinski definition) is 5. The maximum Gasteiger partial charge on any atom is 0.326 e. The van der Waals surface area contributed by atoms with Gasteiger partial charge in [-0.05, 0) is 23.3 Å². The Morgan fingerprint density at radius 2 is 1.33 bits per heavy atom. The van der Waals surface area contributed by atoms with Crippen molar-refractivity contribution in [3.63, 3.8) is 0 Å². The number of imide groups is 1. The Labute approximate surface area is 189 Å². The van der Waals surface area contributed by atoms with Gasteiger partial charge in [-0.2, -0.15) is 4.68 Å². The number of carbonyl (C=O) groups is 2.